The average molecular weight is 581 g/mol. The summed E-state index contributed by atoms with van der Waals surface area (Å²) in [7, 11) is 1.64. The SMILES string of the molecule is COc1ccc(CN2C3CC(Nc4ccc(-c5cc(OCCN6CCOCC6)cn6ncc(C#N)c56)cn4)CC2C3)cn1. The molecular formula is C32H36N8O3. The molecule has 2 unspecified atom stereocenters. The molecule has 0 spiro atoms. The van der Waals surface area contributed by atoms with Crippen molar-refractivity contribution in [3.05, 3.63) is 66.2 Å². The summed E-state index contributed by atoms with van der Waals surface area (Å²) in [4.78, 5) is 14.1. The minimum atomic E-state index is 0.391. The van der Waals surface area contributed by atoms with Gasteiger partial charge in [0, 0.05) is 73.9 Å². The van der Waals surface area contributed by atoms with E-state index in [-0.39, 0.29) is 0 Å². The van der Waals surface area contributed by atoms with E-state index >= 15 is 0 Å². The smallest absolute Gasteiger partial charge is 0.212 e. The number of morpholine rings is 1. The van der Waals surface area contributed by atoms with E-state index in [9.17, 15) is 5.26 Å². The van der Waals surface area contributed by atoms with Crippen LogP contribution in [0.3, 0.4) is 0 Å². The Bertz CT molecular complexity index is 1580. The number of nitriles is 1. The number of rotatable bonds is 10. The molecule has 4 fully saturated rings. The van der Waals surface area contributed by atoms with Gasteiger partial charge in [-0.15, -0.1) is 0 Å². The zero-order valence-corrected chi connectivity index (χ0v) is 24.4. The van der Waals surface area contributed by atoms with E-state index in [1.807, 2.05) is 36.8 Å². The highest BCUT2D eigenvalue weighted by molar-refractivity contribution is 5.85. The zero-order chi connectivity index (χ0) is 29.2. The number of hydrogen-bond donors (Lipinski definition) is 1. The molecule has 2 atom stereocenters. The Morgan fingerprint density at radius 1 is 1.05 bits per heavy atom. The number of nitrogens with one attached hydrogen (secondary N) is 1. The molecule has 0 radical (unpaired) electrons. The number of anilines is 1. The lowest BCUT2D eigenvalue weighted by molar-refractivity contribution is -0.0392. The van der Waals surface area contributed by atoms with Crippen molar-refractivity contribution in [2.24, 2.45) is 0 Å². The van der Waals surface area contributed by atoms with E-state index in [1.54, 1.807) is 17.8 Å². The monoisotopic (exact) mass is 580 g/mol. The van der Waals surface area contributed by atoms with Crippen molar-refractivity contribution in [2.75, 3.05) is 51.9 Å². The first kappa shape index (κ1) is 27.6. The molecule has 1 N–H and O–H groups in total. The van der Waals surface area contributed by atoms with Crippen molar-refractivity contribution in [2.45, 2.75) is 43.9 Å². The third kappa shape index (κ3) is 5.86. The standard InChI is InChI=1S/C32H36N8O3/c1-41-31-5-2-22(17-35-31)20-39-26-12-25(13-27(39)14-26)37-30-4-3-23(18-34-30)29-15-28(21-40-32(29)24(16-33)19-36-40)43-11-8-38-6-9-42-10-7-38/h2-5,15,17-19,21,25-27H,6-14,20H2,1H3,(H,34,37). The first-order valence-electron chi connectivity index (χ1n) is 15.0. The molecule has 43 heavy (non-hydrogen) atoms. The summed E-state index contributed by atoms with van der Waals surface area (Å²) >= 11 is 0. The van der Waals surface area contributed by atoms with E-state index in [1.165, 1.54) is 12.0 Å². The van der Waals surface area contributed by atoms with Gasteiger partial charge in [0.2, 0.25) is 5.88 Å². The highest BCUT2D eigenvalue weighted by atomic mass is 16.5. The van der Waals surface area contributed by atoms with Gasteiger partial charge in [-0.05, 0) is 43.0 Å². The van der Waals surface area contributed by atoms with Crippen molar-refractivity contribution in [1.82, 2.24) is 29.4 Å². The van der Waals surface area contributed by atoms with E-state index < -0.39 is 0 Å². The van der Waals surface area contributed by atoms with Crippen molar-refractivity contribution >= 4 is 11.3 Å². The van der Waals surface area contributed by atoms with Gasteiger partial charge in [0.05, 0.1) is 43.8 Å². The fourth-order valence-corrected chi connectivity index (χ4v) is 6.62. The molecule has 222 valence electrons. The summed E-state index contributed by atoms with van der Waals surface area (Å²) in [6.07, 6.45) is 10.7. The topological polar surface area (TPSA) is 113 Å². The molecule has 4 aromatic heterocycles. The van der Waals surface area contributed by atoms with Crippen LogP contribution < -0.4 is 14.8 Å². The minimum Gasteiger partial charge on any atom is -0.491 e. The number of nitrogens with zero attached hydrogens (tertiary/aromatic N) is 7. The van der Waals surface area contributed by atoms with E-state index in [0.29, 0.717) is 41.9 Å². The third-order valence-corrected chi connectivity index (χ3v) is 8.88. The number of aromatic nitrogens is 4. The van der Waals surface area contributed by atoms with E-state index in [0.717, 1.165) is 74.7 Å². The summed E-state index contributed by atoms with van der Waals surface area (Å²) in [5.74, 6) is 2.22. The molecule has 11 heteroatoms. The quantitative estimate of drug-likeness (QED) is 0.299. The van der Waals surface area contributed by atoms with Gasteiger partial charge in [-0.2, -0.15) is 10.4 Å². The van der Waals surface area contributed by atoms with E-state index in [2.05, 4.69) is 43.4 Å². The van der Waals surface area contributed by atoms with Crippen LogP contribution in [0.15, 0.2) is 55.1 Å². The molecule has 7 heterocycles. The van der Waals surface area contributed by atoms with E-state index in [4.69, 9.17) is 19.2 Å². The Labute approximate surface area is 251 Å². The maximum absolute atomic E-state index is 9.74. The fourth-order valence-electron chi connectivity index (χ4n) is 6.62. The van der Waals surface area contributed by atoms with Crippen LogP contribution in [0.4, 0.5) is 5.82 Å². The molecule has 4 aliphatic rings. The van der Waals surface area contributed by atoms with Crippen LogP contribution in [-0.2, 0) is 11.3 Å². The fraction of sp³-hybridized carbons (Fsp3) is 0.438. The predicted octanol–water partition coefficient (Wildman–Crippen LogP) is 3.60. The summed E-state index contributed by atoms with van der Waals surface area (Å²) in [5.41, 5.74) is 4.28. The largest absolute Gasteiger partial charge is 0.491 e. The molecule has 2 bridgehead atoms. The second-order valence-electron chi connectivity index (χ2n) is 11.5. The predicted molar refractivity (Wildman–Crippen MR) is 161 cm³/mol. The second-order valence-corrected chi connectivity index (χ2v) is 11.5. The van der Waals surface area contributed by atoms with Crippen molar-refractivity contribution < 1.29 is 14.2 Å². The number of ether oxygens (including phenoxy) is 3. The van der Waals surface area contributed by atoms with Gasteiger partial charge in [-0.25, -0.2) is 14.5 Å². The molecule has 3 aliphatic heterocycles. The third-order valence-electron chi connectivity index (χ3n) is 8.88. The maximum Gasteiger partial charge on any atom is 0.212 e. The summed E-state index contributed by atoms with van der Waals surface area (Å²) < 4.78 is 18.5. The van der Waals surface area contributed by atoms with Gasteiger partial charge >= 0.3 is 0 Å². The van der Waals surface area contributed by atoms with Crippen LogP contribution in [0.2, 0.25) is 0 Å². The molecule has 11 nitrogen and oxygen atoms in total. The summed E-state index contributed by atoms with van der Waals surface area (Å²) in [5, 5.41) is 17.8. The lowest BCUT2D eigenvalue weighted by atomic mass is 9.76. The molecule has 3 saturated heterocycles. The van der Waals surface area contributed by atoms with Gasteiger partial charge in [-0.1, -0.05) is 6.07 Å². The van der Waals surface area contributed by atoms with Crippen LogP contribution >= 0.6 is 0 Å². The van der Waals surface area contributed by atoms with Gasteiger partial charge in [0.25, 0.3) is 0 Å². The Hall–Kier alpha value is -4.24. The highest BCUT2D eigenvalue weighted by Gasteiger charge is 2.45. The molecule has 0 amide bonds. The van der Waals surface area contributed by atoms with Gasteiger partial charge in [-0.3, -0.25) is 9.80 Å². The first-order chi connectivity index (χ1) is 21.2. The van der Waals surface area contributed by atoms with Crippen LogP contribution in [0.5, 0.6) is 11.6 Å². The average Bonchev–Trinajstić information content (AvgIpc) is 3.48. The maximum atomic E-state index is 9.74. The lowest BCUT2D eigenvalue weighted by Crippen LogP contribution is -2.62. The van der Waals surface area contributed by atoms with Gasteiger partial charge < -0.3 is 19.5 Å². The van der Waals surface area contributed by atoms with Crippen LogP contribution in [0.1, 0.15) is 30.4 Å². The second kappa shape index (κ2) is 12.2. The van der Waals surface area contributed by atoms with Crippen LogP contribution in [0, 0.1) is 11.3 Å². The van der Waals surface area contributed by atoms with Crippen LogP contribution in [0.25, 0.3) is 16.6 Å². The number of piperidine rings is 1. The summed E-state index contributed by atoms with van der Waals surface area (Å²) in [6, 6.07) is 13.9. The summed E-state index contributed by atoms with van der Waals surface area (Å²) in [6.45, 7) is 5.70. The molecule has 1 aliphatic carbocycles. The number of hydrogen-bond acceptors (Lipinski definition) is 10. The number of methoxy groups -OCH3 is 1. The van der Waals surface area contributed by atoms with Crippen LogP contribution in [-0.4, -0.2) is 94.1 Å². The Morgan fingerprint density at radius 3 is 2.63 bits per heavy atom. The first-order valence-corrected chi connectivity index (χ1v) is 15.0. The number of fused-ring (bicyclic) bond motifs is 3. The lowest BCUT2D eigenvalue weighted by Gasteiger charge is -2.55. The van der Waals surface area contributed by atoms with Gasteiger partial charge in [0.1, 0.15) is 24.2 Å². The molecule has 0 aromatic carbocycles. The molecule has 1 saturated carbocycles. The Morgan fingerprint density at radius 2 is 1.91 bits per heavy atom. The number of pyridine rings is 3. The zero-order valence-electron chi connectivity index (χ0n) is 24.4. The Kier molecular flexibility index (Phi) is 7.80. The van der Waals surface area contributed by atoms with Crippen molar-refractivity contribution in [3.8, 4) is 28.8 Å². The molecular weight excluding hydrogens is 544 g/mol. The molecule has 4 aromatic rings. The van der Waals surface area contributed by atoms with Crippen molar-refractivity contribution in [3.63, 3.8) is 0 Å². The normalized spacial score (nSPS) is 22.1. The minimum absolute atomic E-state index is 0.391. The molecule has 8 rings (SSSR count). The Balaban J connectivity index is 1.00. The van der Waals surface area contributed by atoms with Crippen molar-refractivity contribution in [1.29, 1.82) is 5.26 Å². The highest BCUT2D eigenvalue weighted by Crippen LogP contribution is 2.40. The van der Waals surface area contributed by atoms with Gasteiger partial charge in [0.15, 0.2) is 0 Å².